The minimum absolute atomic E-state index is 0.186. The number of rotatable bonds is 12. The van der Waals surface area contributed by atoms with Crippen molar-refractivity contribution in [2.24, 2.45) is 5.92 Å². The Labute approximate surface area is 221 Å². The molecule has 3 aromatic rings. The van der Waals surface area contributed by atoms with Crippen LogP contribution in [0.15, 0.2) is 83.3 Å². The summed E-state index contributed by atoms with van der Waals surface area (Å²) < 4.78 is 12.1. The fraction of sp³-hybridized carbons (Fsp3) is 0.310. The van der Waals surface area contributed by atoms with E-state index in [4.69, 9.17) is 9.47 Å². The third-order valence-electron chi connectivity index (χ3n) is 5.62. The lowest BCUT2D eigenvalue weighted by molar-refractivity contribution is -0.142. The standard InChI is InChI=1S/C29H33BrN2O4/c1-21(2)18-31-29(34)27(17-22-8-5-4-6-9-22)32(19-23-10-7-11-26(16-23)35-3)28(33)20-36-25-14-12-24(30)13-15-25/h4-16,21,27H,17-20H2,1-3H3,(H,31,34). The van der Waals surface area contributed by atoms with Crippen molar-refractivity contribution in [3.8, 4) is 11.5 Å². The van der Waals surface area contributed by atoms with Crippen molar-refractivity contribution in [3.05, 3.63) is 94.5 Å². The molecule has 190 valence electrons. The fourth-order valence-electron chi connectivity index (χ4n) is 3.70. The maximum atomic E-state index is 13.6. The van der Waals surface area contributed by atoms with E-state index in [0.717, 1.165) is 15.6 Å². The van der Waals surface area contributed by atoms with Gasteiger partial charge in [-0.1, -0.05) is 72.2 Å². The highest BCUT2D eigenvalue weighted by Gasteiger charge is 2.30. The summed E-state index contributed by atoms with van der Waals surface area (Å²) in [6.45, 7) is 4.66. The molecule has 0 heterocycles. The van der Waals surface area contributed by atoms with Crippen LogP contribution in [0.5, 0.6) is 11.5 Å². The van der Waals surface area contributed by atoms with Crippen LogP contribution < -0.4 is 14.8 Å². The van der Waals surface area contributed by atoms with Gasteiger partial charge in [-0.2, -0.15) is 0 Å². The maximum absolute atomic E-state index is 13.6. The molecule has 3 aromatic carbocycles. The van der Waals surface area contributed by atoms with Crippen molar-refractivity contribution < 1.29 is 19.1 Å². The number of amides is 2. The molecule has 1 atom stereocenters. The summed E-state index contributed by atoms with van der Waals surface area (Å²) in [5.74, 6) is 1.09. The molecule has 0 aliphatic heterocycles. The first-order chi connectivity index (χ1) is 17.4. The summed E-state index contributed by atoms with van der Waals surface area (Å²) in [5.41, 5.74) is 1.83. The van der Waals surface area contributed by atoms with Gasteiger partial charge in [0.2, 0.25) is 5.91 Å². The molecule has 2 amide bonds. The molecule has 0 bridgehead atoms. The average Bonchev–Trinajstić information content (AvgIpc) is 2.89. The van der Waals surface area contributed by atoms with E-state index >= 15 is 0 Å². The number of hydrogen-bond acceptors (Lipinski definition) is 4. The topological polar surface area (TPSA) is 67.9 Å². The van der Waals surface area contributed by atoms with Gasteiger partial charge in [-0.05, 0) is 53.4 Å². The van der Waals surface area contributed by atoms with E-state index in [2.05, 4.69) is 21.2 Å². The molecule has 1 unspecified atom stereocenters. The van der Waals surface area contributed by atoms with Gasteiger partial charge in [-0.25, -0.2) is 0 Å². The van der Waals surface area contributed by atoms with Gasteiger partial charge in [0.25, 0.3) is 5.91 Å². The molecular formula is C29H33BrN2O4. The van der Waals surface area contributed by atoms with Crippen LogP contribution in [-0.2, 0) is 22.6 Å². The summed E-state index contributed by atoms with van der Waals surface area (Å²) in [7, 11) is 1.60. The van der Waals surface area contributed by atoms with Crippen molar-refractivity contribution in [3.63, 3.8) is 0 Å². The minimum atomic E-state index is -0.710. The molecule has 0 fully saturated rings. The van der Waals surface area contributed by atoms with Crippen LogP contribution in [0.2, 0.25) is 0 Å². The van der Waals surface area contributed by atoms with Crippen molar-refractivity contribution in [2.45, 2.75) is 32.9 Å². The van der Waals surface area contributed by atoms with Crippen LogP contribution in [0.3, 0.4) is 0 Å². The highest BCUT2D eigenvalue weighted by molar-refractivity contribution is 9.10. The molecule has 3 rings (SSSR count). The Balaban J connectivity index is 1.90. The first-order valence-corrected chi connectivity index (χ1v) is 12.8. The quantitative estimate of drug-likeness (QED) is 0.333. The summed E-state index contributed by atoms with van der Waals surface area (Å²) >= 11 is 3.40. The Morgan fingerprint density at radius 1 is 0.917 bits per heavy atom. The fourth-order valence-corrected chi connectivity index (χ4v) is 3.97. The number of nitrogens with one attached hydrogen (secondary N) is 1. The Morgan fingerprint density at radius 2 is 1.61 bits per heavy atom. The zero-order valence-electron chi connectivity index (χ0n) is 20.9. The second-order valence-electron chi connectivity index (χ2n) is 8.96. The second-order valence-corrected chi connectivity index (χ2v) is 9.88. The summed E-state index contributed by atoms with van der Waals surface area (Å²) in [6.07, 6.45) is 0.388. The van der Waals surface area contributed by atoms with Crippen molar-refractivity contribution in [2.75, 3.05) is 20.3 Å². The molecule has 36 heavy (non-hydrogen) atoms. The molecule has 6 nitrogen and oxygen atoms in total. The lowest BCUT2D eigenvalue weighted by atomic mass is 10.0. The molecule has 0 radical (unpaired) electrons. The molecule has 1 N–H and O–H groups in total. The van der Waals surface area contributed by atoms with Crippen LogP contribution in [0.4, 0.5) is 0 Å². The van der Waals surface area contributed by atoms with E-state index in [1.165, 1.54) is 0 Å². The van der Waals surface area contributed by atoms with Crippen LogP contribution in [0, 0.1) is 5.92 Å². The predicted octanol–water partition coefficient (Wildman–Crippen LogP) is 5.25. The molecule has 0 saturated heterocycles. The lowest BCUT2D eigenvalue weighted by Gasteiger charge is -2.31. The Bertz CT molecular complexity index is 1120. The molecular weight excluding hydrogens is 520 g/mol. The zero-order chi connectivity index (χ0) is 25.9. The second kappa shape index (κ2) is 13.7. The number of hydrogen-bond donors (Lipinski definition) is 1. The SMILES string of the molecule is COc1cccc(CN(C(=O)COc2ccc(Br)cc2)C(Cc2ccccc2)C(=O)NCC(C)C)c1. The molecule has 0 aliphatic carbocycles. The molecule has 7 heteroatoms. The van der Waals surface area contributed by atoms with E-state index in [0.29, 0.717) is 24.5 Å². The van der Waals surface area contributed by atoms with Crippen molar-refractivity contribution in [1.82, 2.24) is 10.2 Å². The van der Waals surface area contributed by atoms with Gasteiger partial charge >= 0.3 is 0 Å². The average molecular weight is 553 g/mol. The van der Waals surface area contributed by atoms with Crippen LogP contribution >= 0.6 is 15.9 Å². The van der Waals surface area contributed by atoms with Gasteiger partial charge < -0.3 is 19.7 Å². The summed E-state index contributed by atoms with van der Waals surface area (Å²) in [6, 6.07) is 23.8. The van der Waals surface area contributed by atoms with Gasteiger partial charge in [-0.3, -0.25) is 9.59 Å². The third kappa shape index (κ3) is 8.41. The van der Waals surface area contributed by atoms with E-state index in [9.17, 15) is 9.59 Å². The van der Waals surface area contributed by atoms with Gasteiger partial charge in [0, 0.05) is 24.0 Å². The van der Waals surface area contributed by atoms with E-state index in [-0.39, 0.29) is 30.9 Å². The first-order valence-electron chi connectivity index (χ1n) is 12.0. The number of carbonyl (C=O) groups excluding carboxylic acids is 2. The van der Waals surface area contributed by atoms with E-state index < -0.39 is 6.04 Å². The predicted molar refractivity (Wildman–Crippen MR) is 145 cm³/mol. The number of carbonyl (C=O) groups is 2. The monoisotopic (exact) mass is 552 g/mol. The van der Waals surface area contributed by atoms with E-state index in [1.807, 2.05) is 80.6 Å². The minimum Gasteiger partial charge on any atom is -0.497 e. The number of benzene rings is 3. The van der Waals surface area contributed by atoms with Gasteiger partial charge in [0.05, 0.1) is 7.11 Å². The Kier molecular flexibility index (Phi) is 10.4. The Morgan fingerprint density at radius 3 is 2.28 bits per heavy atom. The number of nitrogens with zero attached hydrogens (tertiary/aromatic N) is 1. The normalized spacial score (nSPS) is 11.6. The molecule has 0 spiro atoms. The van der Waals surface area contributed by atoms with Gasteiger partial charge in [0.15, 0.2) is 6.61 Å². The summed E-state index contributed by atoms with van der Waals surface area (Å²) in [4.78, 5) is 28.7. The highest BCUT2D eigenvalue weighted by atomic mass is 79.9. The van der Waals surface area contributed by atoms with Crippen molar-refractivity contribution >= 4 is 27.7 Å². The number of methoxy groups -OCH3 is 1. The van der Waals surface area contributed by atoms with Gasteiger partial charge in [0.1, 0.15) is 17.5 Å². The zero-order valence-corrected chi connectivity index (χ0v) is 22.5. The smallest absolute Gasteiger partial charge is 0.261 e. The Hall–Kier alpha value is -3.32. The van der Waals surface area contributed by atoms with Crippen LogP contribution in [0.1, 0.15) is 25.0 Å². The summed E-state index contributed by atoms with van der Waals surface area (Å²) in [5, 5.41) is 3.02. The molecule has 0 saturated carbocycles. The number of ether oxygens (including phenoxy) is 2. The lowest BCUT2D eigenvalue weighted by Crippen LogP contribution is -2.52. The number of halogens is 1. The molecule has 0 aromatic heterocycles. The maximum Gasteiger partial charge on any atom is 0.261 e. The van der Waals surface area contributed by atoms with Crippen LogP contribution in [0.25, 0.3) is 0 Å². The highest BCUT2D eigenvalue weighted by Crippen LogP contribution is 2.20. The first kappa shape index (κ1) is 27.3. The van der Waals surface area contributed by atoms with Crippen molar-refractivity contribution in [1.29, 1.82) is 0 Å². The van der Waals surface area contributed by atoms with Crippen LogP contribution in [-0.4, -0.2) is 43.0 Å². The molecule has 0 aliphatic rings. The third-order valence-corrected chi connectivity index (χ3v) is 6.15. The van der Waals surface area contributed by atoms with E-state index in [1.54, 1.807) is 24.1 Å². The largest absolute Gasteiger partial charge is 0.497 e. The van der Waals surface area contributed by atoms with Gasteiger partial charge in [-0.15, -0.1) is 0 Å².